The third kappa shape index (κ3) is 5.94. The smallest absolute Gasteiger partial charge is 0.306 e. The number of anilines is 1. The number of likely N-dealkylation sites (tertiary alicyclic amines) is 1. The number of hydrogen-bond donors (Lipinski definition) is 2. The van der Waals surface area contributed by atoms with Gasteiger partial charge in [-0.25, -0.2) is 0 Å². The van der Waals surface area contributed by atoms with Crippen molar-refractivity contribution in [3.8, 4) is 0 Å². The Kier molecular flexibility index (Phi) is 9.11. The number of rotatable bonds is 5. The molecule has 49 heavy (non-hydrogen) atoms. The molecule has 3 aromatic carbocycles. The number of carbonyl (C=O) groups excluding carboxylic acids is 4. The Bertz CT molecular complexity index is 1780. The summed E-state index contributed by atoms with van der Waals surface area (Å²) in [6.07, 6.45) is 6.57. The van der Waals surface area contributed by atoms with Gasteiger partial charge in [0.15, 0.2) is 0 Å². The molecule has 11 heteroatoms. The summed E-state index contributed by atoms with van der Waals surface area (Å²) in [5.74, 6) is -3.93. The number of aliphatic hydroxyl groups excluding tert-OH is 1. The number of fused-ring (bicyclic) bond motifs is 2. The maximum absolute atomic E-state index is 15.0. The van der Waals surface area contributed by atoms with Crippen LogP contribution < -0.4 is 10.2 Å². The number of hydrogen-bond acceptors (Lipinski definition) is 7. The second-order valence-electron chi connectivity index (χ2n) is 12.6. The third-order valence-electron chi connectivity index (χ3n) is 9.84. The quantitative estimate of drug-likeness (QED) is 0.304. The SMILES string of the molecule is O=C1CC/C=C\[C@@H]2O[C@@]34C=CCN(c5ccc(Cl)cc5)C(=O)[C@@H]3N([C@H](CO)c3ccccc3)C(=O)[C@H]4[C@@H]2C(=O)N[C@@H](c2ccccc2)CO1. The fraction of sp³-hybridized carbons (Fsp3) is 0.316. The first-order valence-electron chi connectivity index (χ1n) is 16.4. The Balaban J connectivity index is 1.35. The minimum Gasteiger partial charge on any atom is -0.463 e. The van der Waals surface area contributed by atoms with E-state index in [1.165, 1.54) is 4.90 Å². The predicted molar refractivity (Wildman–Crippen MR) is 181 cm³/mol. The molecule has 0 aliphatic carbocycles. The lowest BCUT2D eigenvalue weighted by atomic mass is 9.77. The summed E-state index contributed by atoms with van der Waals surface area (Å²) in [7, 11) is 0. The van der Waals surface area contributed by atoms with Gasteiger partial charge >= 0.3 is 5.97 Å². The molecule has 0 bridgehead atoms. The summed E-state index contributed by atoms with van der Waals surface area (Å²) >= 11 is 6.17. The summed E-state index contributed by atoms with van der Waals surface area (Å²) in [4.78, 5) is 59.9. The van der Waals surface area contributed by atoms with Gasteiger partial charge in [-0.2, -0.15) is 0 Å². The third-order valence-corrected chi connectivity index (χ3v) is 10.1. The number of ether oxygens (including phenoxy) is 2. The van der Waals surface area contributed by atoms with E-state index in [1.807, 2.05) is 36.4 Å². The zero-order valence-electron chi connectivity index (χ0n) is 26.6. The van der Waals surface area contributed by atoms with Crippen LogP contribution >= 0.6 is 11.6 Å². The van der Waals surface area contributed by atoms with Crippen molar-refractivity contribution in [3.63, 3.8) is 0 Å². The number of amides is 3. The van der Waals surface area contributed by atoms with Gasteiger partial charge in [-0.1, -0.05) is 96.6 Å². The molecule has 2 fully saturated rings. The fourth-order valence-electron chi connectivity index (χ4n) is 7.60. The van der Waals surface area contributed by atoms with E-state index >= 15 is 0 Å². The van der Waals surface area contributed by atoms with E-state index in [-0.39, 0.29) is 19.6 Å². The van der Waals surface area contributed by atoms with Gasteiger partial charge < -0.3 is 29.7 Å². The highest BCUT2D eigenvalue weighted by Gasteiger charge is 2.72. The van der Waals surface area contributed by atoms with Gasteiger partial charge in [-0.15, -0.1) is 0 Å². The summed E-state index contributed by atoms with van der Waals surface area (Å²) in [5, 5.41) is 14.4. The van der Waals surface area contributed by atoms with Crippen LogP contribution in [0.5, 0.6) is 0 Å². The van der Waals surface area contributed by atoms with Crippen LogP contribution in [0.4, 0.5) is 5.69 Å². The molecule has 0 unspecified atom stereocenters. The number of allylic oxidation sites excluding steroid dienone is 1. The summed E-state index contributed by atoms with van der Waals surface area (Å²) in [6, 6.07) is 22.2. The van der Waals surface area contributed by atoms with E-state index in [9.17, 15) is 24.3 Å². The molecule has 4 heterocycles. The monoisotopic (exact) mass is 681 g/mol. The zero-order valence-corrected chi connectivity index (χ0v) is 27.3. The van der Waals surface area contributed by atoms with E-state index in [2.05, 4.69) is 5.32 Å². The van der Waals surface area contributed by atoms with E-state index in [0.717, 1.165) is 5.56 Å². The van der Waals surface area contributed by atoms with Crippen LogP contribution in [0.25, 0.3) is 0 Å². The predicted octanol–water partition coefficient (Wildman–Crippen LogP) is 4.31. The van der Waals surface area contributed by atoms with Crippen LogP contribution in [0.2, 0.25) is 5.02 Å². The molecule has 0 aromatic heterocycles. The molecule has 3 amide bonds. The van der Waals surface area contributed by atoms with E-state index in [1.54, 1.807) is 77.7 Å². The first-order valence-corrected chi connectivity index (χ1v) is 16.8. The lowest BCUT2D eigenvalue weighted by Crippen LogP contribution is -2.56. The molecule has 0 saturated carbocycles. The van der Waals surface area contributed by atoms with Gasteiger partial charge in [-0.3, -0.25) is 19.2 Å². The van der Waals surface area contributed by atoms with Gasteiger partial charge in [0.1, 0.15) is 18.2 Å². The molecule has 7 rings (SSSR count). The molecule has 2 saturated heterocycles. The number of esters is 1. The molecule has 10 nitrogen and oxygen atoms in total. The van der Waals surface area contributed by atoms with Crippen LogP contribution in [-0.2, 0) is 28.7 Å². The Labute approximate surface area is 288 Å². The van der Waals surface area contributed by atoms with Crippen molar-refractivity contribution >= 4 is 41.0 Å². The van der Waals surface area contributed by atoms with Gasteiger partial charge in [0, 0.05) is 23.7 Å². The Morgan fingerprint density at radius 3 is 2.35 bits per heavy atom. The van der Waals surface area contributed by atoms with E-state index in [0.29, 0.717) is 22.7 Å². The second kappa shape index (κ2) is 13.6. The minimum atomic E-state index is -1.55. The molecule has 4 aliphatic heterocycles. The highest BCUT2D eigenvalue weighted by atomic mass is 35.5. The van der Waals surface area contributed by atoms with Gasteiger partial charge in [0.2, 0.25) is 11.8 Å². The number of nitrogens with one attached hydrogen (secondary N) is 1. The summed E-state index contributed by atoms with van der Waals surface area (Å²) in [6.45, 7) is -0.377. The van der Waals surface area contributed by atoms with Crippen molar-refractivity contribution in [2.24, 2.45) is 11.8 Å². The first kappa shape index (κ1) is 32.8. The van der Waals surface area contributed by atoms with Crippen LogP contribution in [0, 0.1) is 11.8 Å². The van der Waals surface area contributed by atoms with Gasteiger partial charge in [-0.05, 0) is 41.8 Å². The molecular weight excluding hydrogens is 646 g/mol. The van der Waals surface area contributed by atoms with Crippen molar-refractivity contribution in [2.45, 2.75) is 42.7 Å². The molecule has 2 N–H and O–H groups in total. The molecule has 252 valence electrons. The normalized spacial score (nSPS) is 29.8. The lowest BCUT2D eigenvalue weighted by molar-refractivity contribution is -0.146. The highest BCUT2D eigenvalue weighted by Crippen LogP contribution is 2.55. The van der Waals surface area contributed by atoms with Crippen LogP contribution in [0.1, 0.15) is 36.1 Å². The number of aliphatic hydroxyl groups is 1. The first-order chi connectivity index (χ1) is 23.8. The molecule has 0 radical (unpaired) electrons. The van der Waals surface area contributed by atoms with Gasteiger partial charge in [0.25, 0.3) is 5.91 Å². The van der Waals surface area contributed by atoms with E-state index < -0.39 is 72.0 Å². The average Bonchev–Trinajstić information content (AvgIpc) is 3.50. The highest BCUT2D eigenvalue weighted by molar-refractivity contribution is 6.30. The van der Waals surface area contributed by atoms with Crippen LogP contribution in [0.15, 0.2) is 109 Å². The zero-order chi connectivity index (χ0) is 34.1. The Morgan fingerprint density at radius 2 is 1.63 bits per heavy atom. The number of carbonyl (C=O) groups is 4. The standard InChI is InChI=1S/C38H36ClN3O7/c39-26-16-18-27(19-17-26)41-21-9-20-38-33(36(46)42(34(38)37(41)47)29(22-43)25-12-5-2-6-13-25)32-30(49-38)14-7-8-15-31(44)48-23-28(40-35(32)45)24-10-3-1-4-11-24/h1-7,9-14,16-20,28-30,32-34,43H,8,15,21-23H2,(H,40,45)/b14-7-/t28-,29-,30+,32-,33-,34+,38-/m1/s1. The summed E-state index contributed by atoms with van der Waals surface area (Å²) in [5.41, 5.74) is 0.387. The topological polar surface area (TPSA) is 125 Å². The molecular formula is C38H36ClN3O7. The fourth-order valence-corrected chi connectivity index (χ4v) is 7.72. The van der Waals surface area contributed by atoms with Crippen molar-refractivity contribution in [1.29, 1.82) is 0 Å². The number of nitrogens with zero attached hydrogens (tertiary/aromatic N) is 2. The minimum absolute atomic E-state index is 0.0932. The lowest BCUT2D eigenvalue weighted by Gasteiger charge is -2.38. The largest absolute Gasteiger partial charge is 0.463 e. The molecule has 4 aliphatic rings. The Morgan fingerprint density at radius 1 is 0.918 bits per heavy atom. The molecule has 1 spiro atoms. The van der Waals surface area contributed by atoms with Crippen LogP contribution in [0.3, 0.4) is 0 Å². The van der Waals surface area contributed by atoms with E-state index in [4.69, 9.17) is 21.1 Å². The van der Waals surface area contributed by atoms with Crippen molar-refractivity contribution < 1.29 is 33.8 Å². The maximum atomic E-state index is 15.0. The number of cyclic esters (lactones) is 1. The van der Waals surface area contributed by atoms with Crippen molar-refractivity contribution in [3.05, 3.63) is 125 Å². The maximum Gasteiger partial charge on any atom is 0.306 e. The summed E-state index contributed by atoms with van der Waals surface area (Å²) < 4.78 is 12.4. The Hall–Kier alpha value is -4.77. The molecule has 7 atom stereocenters. The number of halogens is 1. The number of benzene rings is 3. The van der Waals surface area contributed by atoms with Crippen molar-refractivity contribution in [2.75, 3.05) is 24.7 Å². The second-order valence-corrected chi connectivity index (χ2v) is 13.1. The van der Waals surface area contributed by atoms with Gasteiger partial charge in [0.05, 0.1) is 36.6 Å². The molecule has 3 aromatic rings. The van der Waals surface area contributed by atoms with Crippen molar-refractivity contribution in [1.82, 2.24) is 10.2 Å². The average molecular weight is 682 g/mol. The van der Waals surface area contributed by atoms with Crippen LogP contribution in [-0.4, -0.2) is 71.2 Å².